The zero-order valence-electron chi connectivity index (χ0n) is 4.76. The maximum absolute atomic E-state index is 10.4. The van der Waals surface area contributed by atoms with E-state index in [1.54, 1.807) is 11.4 Å². The lowest BCUT2D eigenvalue weighted by molar-refractivity contribution is 0.100. The van der Waals surface area contributed by atoms with Crippen LogP contribution in [0, 0.1) is 6.92 Å². The molecule has 0 spiro atoms. The van der Waals surface area contributed by atoms with Gasteiger partial charge in [-0.1, -0.05) is 0 Å². The lowest BCUT2D eigenvalue weighted by Crippen LogP contribution is -2.08. The van der Waals surface area contributed by atoms with Crippen molar-refractivity contribution in [1.29, 1.82) is 0 Å². The van der Waals surface area contributed by atoms with Crippen LogP contribution in [-0.4, -0.2) is 5.91 Å². The van der Waals surface area contributed by atoms with Crippen LogP contribution in [0.3, 0.4) is 0 Å². The smallest absolute Gasteiger partial charge is 0.249 e. The molecular formula is C6H6NOS. The number of primary amides is 1. The van der Waals surface area contributed by atoms with E-state index < -0.39 is 0 Å². The predicted molar refractivity (Wildman–Crippen MR) is 37.3 cm³/mol. The normalized spacial score (nSPS) is 9.44. The molecule has 2 nitrogen and oxygen atoms in total. The highest BCUT2D eigenvalue weighted by molar-refractivity contribution is 7.10. The molecule has 0 saturated carbocycles. The zero-order chi connectivity index (χ0) is 6.85. The van der Waals surface area contributed by atoms with Crippen molar-refractivity contribution < 1.29 is 4.79 Å². The Morgan fingerprint density at radius 3 is 2.67 bits per heavy atom. The molecule has 1 radical (unpaired) electrons. The third-order valence-electron chi connectivity index (χ3n) is 0.938. The molecule has 9 heavy (non-hydrogen) atoms. The van der Waals surface area contributed by atoms with Crippen molar-refractivity contribution in [3.8, 4) is 0 Å². The van der Waals surface area contributed by atoms with Crippen molar-refractivity contribution in [2.24, 2.45) is 5.73 Å². The van der Waals surface area contributed by atoms with Gasteiger partial charge in [-0.3, -0.25) is 4.79 Å². The van der Waals surface area contributed by atoms with Crippen molar-refractivity contribution in [2.75, 3.05) is 0 Å². The van der Waals surface area contributed by atoms with Gasteiger partial charge in [0.2, 0.25) is 5.91 Å². The van der Waals surface area contributed by atoms with Gasteiger partial charge in [0.15, 0.2) is 0 Å². The molecule has 3 heteroatoms. The van der Waals surface area contributed by atoms with Crippen LogP contribution in [0.5, 0.6) is 0 Å². The van der Waals surface area contributed by atoms with Crippen molar-refractivity contribution in [2.45, 2.75) is 0 Å². The van der Waals surface area contributed by atoms with E-state index >= 15 is 0 Å². The molecule has 1 heterocycles. The highest BCUT2D eigenvalue weighted by atomic mass is 32.1. The number of hydrogen-bond acceptors (Lipinski definition) is 2. The van der Waals surface area contributed by atoms with E-state index in [0.29, 0.717) is 5.56 Å². The fourth-order valence-corrected chi connectivity index (χ4v) is 1.17. The first-order valence-electron chi connectivity index (χ1n) is 2.40. The summed E-state index contributed by atoms with van der Waals surface area (Å²) in [7, 11) is 0. The molecular weight excluding hydrogens is 134 g/mol. The molecule has 1 aromatic rings. The third-order valence-corrected chi connectivity index (χ3v) is 1.73. The number of thiophene rings is 1. The molecule has 0 saturated heterocycles. The molecule has 0 aliphatic carbocycles. The Hall–Kier alpha value is -0.830. The summed E-state index contributed by atoms with van der Waals surface area (Å²) in [6.07, 6.45) is 0. The summed E-state index contributed by atoms with van der Waals surface area (Å²) in [6, 6.07) is 1.67. The Bertz CT molecular complexity index is 229. The summed E-state index contributed by atoms with van der Waals surface area (Å²) in [5, 5.41) is 1.70. The van der Waals surface area contributed by atoms with Gasteiger partial charge in [0.25, 0.3) is 0 Å². The van der Waals surface area contributed by atoms with Crippen molar-refractivity contribution in [3.63, 3.8) is 0 Å². The van der Waals surface area contributed by atoms with Crippen molar-refractivity contribution in [3.05, 3.63) is 28.8 Å². The van der Waals surface area contributed by atoms with Crippen LogP contribution in [-0.2, 0) is 0 Å². The van der Waals surface area contributed by atoms with E-state index in [4.69, 9.17) is 5.73 Å². The summed E-state index contributed by atoms with van der Waals surface area (Å²) in [5.74, 6) is -0.388. The Morgan fingerprint density at radius 1 is 1.78 bits per heavy atom. The Morgan fingerprint density at radius 2 is 2.44 bits per heavy atom. The molecule has 0 aliphatic heterocycles. The lowest BCUT2D eigenvalue weighted by Gasteiger charge is -1.81. The van der Waals surface area contributed by atoms with Crippen LogP contribution < -0.4 is 5.73 Å². The fourth-order valence-electron chi connectivity index (χ4n) is 0.510. The van der Waals surface area contributed by atoms with Crippen LogP contribution in [0.15, 0.2) is 11.4 Å². The molecule has 0 aliphatic rings. The van der Waals surface area contributed by atoms with Gasteiger partial charge in [-0.25, -0.2) is 0 Å². The lowest BCUT2D eigenvalue weighted by atomic mass is 10.3. The Kier molecular flexibility index (Phi) is 1.53. The van der Waals surface area contributed by atoms with Gasteiger partial charge in [-0.2, -0.15) is 0 Å². The predicted octanol–water partition coefficient (Wildman–Crippen LogP) is 1.03. The maximum atomic E-state index is 10.4. The minimum atomic E-state index is -0.388. The molecule has 47 valence electrons. The molecule has 0 aromatic carbocycles. The quantitative estimate of drug-likeness (QED) is 0.622. The van der Waals surface area contributed by atoms with E-state index in [-0.39, 0.29) is 5.91 Å². The number of carbonyl (C=O) groups excluding carboxylic acids is 1. The highest BCUT2D eigenvalue weighted by Gasteiger charge is 1.99. The third kappa shape index (κ3) is 1.29. The highest BCUT2D eigenvalue weighted by Crippen LogP contribution is 2.11. The average molecular weight is 140 g/mol. The zero-order valence-corrected chi connectivity index (χ0v) is 5.57. The number of rotatable bonds is 1. The van der Waals surface area contributed by atoms with Crippen molar-refractivity contribution in [1.82, 2.24) is 0 Å². The average Bonchev–Trinajstić information content (AvgIpc) is 2.14. The fraction of sp³-hybridized carbons (Fsp3) is 0. The first-order valence-corrected chi connectivity index (χ1v) is 3.28. The van der Waals surface area contributed by atoms with Gasteiger partial charge in [-0.15, -0.1) is 11.3 Å². The second-order valence-corrected chi connectivity index (χ2v) is 2.66. The summed E-state index contributed by atoms with van der Waals surface area (Å²) < 4.78 is 0. The second kappa shape index (κ2) is 2.19. The van der Waals surface area contributed by atoms with Gasteiger partial charge in [0.1, 0.15) is 0 Å². The Labute approximate surface area is 57.3 Å². The topological polar surface area (TPSA) is 43.1 Å². The summed E-state index contributed by atoms with van der Waals surface area (Å²) in [4.78, 5) is 11.3. The van der Waals surface area contributed by atoms with Crippen LogP contribution in [0.4, 0.5) is 0 Å². The number of hydrogen-bond donors (Lipinski definition) is 1. The van der Waals surface area contributed by atoms with Gasteiger partial charge < -0.3 is 5.73 Å². The first kappa shape index (κ1) is 6.29. The van der Waals surface area contributed by atoms with E-state index in [2.05, 4.69) is 6.92 Å². The maximum Gasteiger partial charge on any atom is 0.249 e. The molecule has 1 rings (SSSR count). The summed E-state index contributed by atoms with van der Waals surface area (Å²) in [6.45, 7) is 3.63. The summed E-state index contributed by atoms with van der Waals surface area (Å²) >= 11 is 1.42. The largest absolute Gasteiger partial charge is 0.366 e. The van der Waals surface area contributed by atoms with Gasteiger partial charge >= 0.3 is 0 Å². The molecule has 1 amide bonds. The SMILES string of the molecule is [CH2]c1cc(C(N)=O)cs1. The van der Waals surface area contributed by atoms with E-state index in [1.807, 2.05) is 0 Å². The number of amides is 1. The number of nitrogens with two attached hydrogens (primary N) is 1. The first-order chi connectivity index (χ1) is 4.20. The van der Waals surface area contributed by atoms with Gasteiger partial charge in [0.05, 0.1) is 5.56 Å². The van der Waals surface area contributed by atoms with Crippen LogP contribution in [0.2, 0.25) is 0 Å². The molecule has 2 N–H and O–H groups in total. The minimum absolute atomic E-state index is 0.388. The van der Waals surface area contributed by atoms with Crippen LogP contribution in [0.1, 0.15) is 15.2 Å². The van der Waals surface area contributed by atoms with E-state index in [1.165, 1.54) is 11.3 Å². The molecule has 0 fully saturated rings. The van der Waals surface area contributed by atoms with Gasteiger partial charge in [-0.05, 0) is 13.0 Å². The van der Waals surface area contributed by atoms with Crippen LogP contribution >= 0.6 is 11.3 Å². The van der Waals surface area contributed by atoms with Gasteiger partial charge in [0, 0.05) is 10.3 Å². The second-order valence-electron chi connectivity index (χ2n) is 1.67. The molecule has 0 unspecified atom stereocenters. The standard InChI is InChI=1S/C6H6NOS/c1-4-2-5(3-9-4)6(7)8/h2-3H,1H2,(H2,7,8). The number of carbonyl (C=O) groups is 1. The molecule has 1 aromatic heterocycles. The molecule has 0 atom stereocenters. The summed E-state index contributed by atoms with van der Waals surface area (Å²) in [5.41, 5.74) is 5.51. The van der Waals surface area contributed by atoms with E-state index in [0.717, 1.165) is 4.88 Å². The Balaban J connectivity index is 2.98. The molecule has 0 bridgehead atoms. The minimum Gasteiger partial charge on any atom is -0.366 e. The van der Waals surface area contributed by atoms with Crippen LogP contribution in [0.25, 0.3) is 0 Å². The van der Waals surface area contributed by atoms with E-state index in [9.17, 15) is 4.79 Å². The monoisotopic (exact) mass is 140 g/mol. The van der Waals surface area contributed by atoms with Crippen molar-refractivity contribution >= 4 is 17.2 Å².